The molecule has 1 aromatic rings. The summed E-state index contributed by atoms with van der Waals surface area (Å²) in [5, 5.41) is 3.67. The van der Waals surface area contributed by atoms with Crippen molar-refractivity contribution in [2.24, 2.45) is 5.41 Å². The molecule has 1 fully saturated rings. The van der Waals surface area contributed by atoms with Gasteiger partial charge in [0.1, 0.15) is 0 Å². The number of hydrogen-bond acceptors (Lipinski definition) is 2. The summed E-state index contributed by atoms with van der Waals surface area (Å²) in [5.41, 5.74) is 3.40. The zero-order chi connectivity index (χ0) is 12.6. The van der Waals surface area contributed by atoms with E-state index in [0.29, 0.717) is 5.41 Å². The minimum Gasteiger partial charge on any atom is -0.313 e. The fraction of sp³-hybridized carbons (Fsp3) is 0.625. The summed E-state index contributed by atoms with van der Waals surface area (Å²) in [6, 6.07) is 9.67. The Hall–Kier alpha value is -0.860. The van der Waals surface area contributed by atoms with Crippen molar-refractivity contribution < 1.29 is 0 Å². The first-order valence-corrected chi connectivity index (χ1v) is 7.15. The van der Waals surface area contributed by atoms with E-state index in [0.717, 1.165) is 25.7 Å². The Kier molecular flexibility index (Phi) is 3.16. The third-order valence-electron chi connectivity index (χ3n) is 4.00. The Bertz CT molecular complexity index is 396. The van der Waals surface area contributed by atoms with Gasteiger partial charge in [-0.15, -0.1) is 0 Å². The van der Waals surface area contributed by atoms with Gasteiger partial charge in [0.05, 0.1) is 0 Å². The smallest absolute Gasteiger partial charge is 0.0240 e. The lowest BCUT2D eigenvalue weighted by molar-refractivity contribution is 0.175. The van der Waals surface area contributed by atoms with E-state index < -0.39 is 0 Å². The van der Waals surface area contributed by atoms with Crippen molar-refractivity contribution in [3.05, 3.63) is 35.4 Å². The molecule has 1 aromatic carbocycles. The van der Waals surface area contributed by atoms with E-state index in [9.17, 15) is 0 Å². The van der Waals surface area contributed by atoms with Crippen LogP contribution in [0.1, 0.15) is 37.8 Å². The topological polar surface area (TPSA) is 15.3 Å². The quantitative estimate of drug-likeness (QED) is 0.857. The average Bonchev–Trinajstić information content (AvgIpc) is 3.06. The van der Waals surface area contributed by atoms with Crippen molar-refractivity contribution in [2.45, 2.75) is 45.8 Å². The van der Waals surface area contributed by atoms with E-state index in [4.69, 9.17) is 0 Å². The first-order chi connectivity index (χ1) is 8.62. The van der Waals surface area contributed by atoms with Gasteiger partial charge in [0, 0.05) is 32.2 Å². The molecule has 0 unspecified atom stereocenters. The van der Waals surface area contributed by atoms with Crippen molar-refractivity contribution >= 4 is 0 Å². The first-order valence-electron chi connectivity index (χ1n) is 7.15. The third-order valence-corrected chi connectivity index (χ3v) is 4.00. The molecule has 0 amide bonds. The van der Waals surface area contributed by atoms with E-state index in [-0.39, 0.29) is 0 Å². The lowest BCUT2D eigenvalue weighted by Crippen LogP contribution is -2.39. The van der Waals surface area contributed by atoms with Crippen molar-refractivity contribution in [3.63, 3.8) is 0 Å². The van der Waals surface area contributed by atoms with Crippen LogP contribution in [-0.2, 0) is 13.1 Å². The average molecular weight is 244 g/mol. The second-order valence-corrected chi connectivity index (χ2v) is 6.73. The molecule has 1 saturated carbocycles. The largest absolute Gasteiger partial charge is 0.313 e. The Morgan fingerprint density at radius 3 is 2.33 bits per heavy atom. The fourth-order valence-electron chi connectivity index (χ4n) is 2.88. The molecule has 0 aromatic heterocycles. The Balaban J connectivity index is 1.54. The van der Waals surface area contributed by atoms with Gasteiger partial charge in [-0.1, -0.05) is 38.1 Å². The molecule has 3 rings (SSSR count). The summed E-state index contributed by atoms with van der Waals surface area (Å²) in [7, 11) is 0. The zero-order valence-corrected chi connectivity index (χ0v) is 11.6. The lowest BCUT2D eigenvalue weighted by Gasteiger charge is -2.30. The highest BCUT2D eigenvalue weighted by Crippen LogP contribution is 2.27. The van der Waals surface area contributed by atoms with Crippen LogP contribution in [0.15, 0.2) is 24.3 Å². The van der Waals surface area contributed by atoms with Gasteiger partial charge >= 0.3 is 0 Å². The molecule has 2 aliphatic rings. The van der Waals surface area contributed by atoms with E-state index in [1.54, 1.807) is 0 Å². The van der Waals surface area contributed by atoms with Gasteiger partial charge < -0.3 is 5.32 Å². The van der Waals surface area contributed by atoms with Crippen LogP contribution in [-0.4, -0.2) is 24.0 Å². The Labute approximate surface area is 110 Å². The lowest BCUT2D eigenvalue weighted by atomic mass is 9.92. The van der Waals surface area contributed by atoms with Crippen LogP contribution in [0.25, 0.3) is 0 Å². The Morgan fingerprint density at radius 2 is 1.78 bits per heavy atom. The number of fused-ring (bicyclic) bond motifs is 1. The summed E-state index contributed by atoms with van der Waals surface area (Å²) in [5.74, 6) is 0. The summed E-state index contributed by atoms with van der Waals surface area (Å²) in [4.78, 5) is 2.58. The normalized spacial score (nSPS) is 20.1. The van der Waals surface area contributed by atoms with Crippen molar-refractivity contribution in [1.29, 1.82) is 0 Å². The maximum atomic E-state index is 3.67. The van der Waals surface area contributed by atoms with E-state index >= 15 is 0 Å². The van der Waals surface area contributed by atoms with Crippen LogP contribution in [0.4, 0.5) is 0 Å². The molecular formula is C16H24N2. The number of hydrogen-bond donors (Lipinski definition) is 1. The van der Waals surface area contributed by atoms with Crippen LogP contribution in [0.2, 0.25) is 0 Å². The van der Waals surface area contributed by atoms with E-state index in [2.05, 4.69) is 48.3 Å². The van der Waals surface area contributed by atoms with Crippen molar-refractivity contribution in [1.82, 2.24) is 10.2 Å². The van der Waals surface area contributed by atoms with Crippen molar-refractivity contribution in [3.8, 4) is 0 Å². The fourth-order valence-corrected chi connectivity index (χ4v) is 2.88. The molecule has 18 heavy (non-hydrogen) atoms. The molecule has 1 N–H and O–H groups in total. The first kappa shape index (κ1) is 12.2. The van der Waals surface area contributed by atoms with E-state index in [1.807, 2.05) is 0 Å². The highest BCUT2D eigenvalue weighted by molar-refractivity contribution is 5.30. The van der Waals surface area contributed by atoms with E-state index in [1.165, 1.54) is 30.5 Å². The van der Waals surface area contributed by atoms with Crippen LogP contribution in [0.5, 0.6) is 0 Å². The van der Waals surface area contributed by atoms with Crippen LogP contribution in [0, 0.1) is 5.41 Å². The van der Waals surface area contributed by atoms with Crippen LogP contribution in [0.3, 0.4) is 0 Å². The molecular weight excluding hydrogens is 220 g/mol. The van der Waals surface area contributed by atoms with Gasteiger partial charge in [-0.05, 0) is 29.4 Å². The third kappa shape index (κ3) is 2.93. The summed E-state index contributed by atoms with van der Waals surface area (Å²) >= 11 is 0. The second kappa shape index (κ2) is 4.67. The molecule has 0 bridgehead atoms. The molecule has 0 atom stereocenters. The molecule has 1 heterocycles. The number of nitrogens with zero attached hydrogens (tertiary/aromatic N) is 1. The Morgan fingerprint density at radius 1 is 1.17 bits per heavy atom. The molecule has 1 aliphatic carbocycles. The monoisotopic (exact) mass is 244 g/mol. The molecule has 0 radical (unpaired) electrons. The predicted molar refractivity (Wildman–Crippen MR) is 75.4 cm³/mol. The summed E-state index contributed by atoms with van der Waals surface area (Å²) in [6.07, 6.45) is 2.76. The number of rotatable bonds is 5. The highest BCUT2D eigenvalue weighted by Gasteiger charge is 2.28. The van der Waals surface area contributed by atoms with Gasteiger partial charge in [0.25, 0.3) is 0 Å². The molecule has 2 heteroatoms. The van der Waals surface area contributed by atoms with Gasteiger partial charge in [0.15, 0.2) is 0 Å². The summed E-state index contributed by atoms with van der Waals surface area (Å²) in [6.45, 7) is 9.34. The number of benzene rings is 1. The van der Waals surface area contributed by atoms with Crippen molar-refractivity contribution in [2.75, 3.05) is 13.1 Å². The number of nitrogens with one attached hydrogen (secondary N) is 1. The predicted octanol–water partition coefficient (Wildman–Crippen LogP) is 2.78. The SMILES string of the molecule is CC(C)(CNC1CC1)CN1Cc2ccccc2C1. The minimum atomic E-state index is 0.366. The highest BCUT2D eigenvalue weighted by atomic mass is 15.1. The van der Waals surface area contributed by atoms with Gasteiger partial charge in [0.2, 0.25) is 0 Å². The maximum Gasteiger partial charge on any atom is 0.0240 e. The van der Waals surface area contributed by atoms with Crippen LogP contribution >= 0.6 is 0 Å². The summed E-state index contributed by atoms with van der Waals surface area (Å²) < 4.78 is 0. The van der Waals surface area contributed by atoms with Crippen LogP contribution < -0.4 is 5.32 Å². The minimum absolute atomic E-state index is 0.366. The van der Waals surface area contributed by atoms with Gasteiger partial charge in [-0.3, -0.25) is 4.90 Å². The van der Waals surface area contributed by atoms with Gasteiger partial charge in [-0.25, -0.2) is 0 Å². The zero-order valence-electron chi connectivity index (χ0n) is 11.6. The molecule has 0 spiro atoms. The standard InChI is InChI=1S/C16H24N2/c1-16(2,11-17-15-7-8-15)12-18-9-13-5-3-4-6-14(13)10-18/h3-6,15,17H,7-12H2,1-2H3. The molecule has 0 saturated heterocycles. The van der Waals surface area contributed by atoms with Gasteiger partial charge in [-0.2, -0.15) is 0 Å². The second-order valence-electron chi connectivity index (χ2n) is 6.73. The molecule has 1 aliphatic heterocycles. The maximum absolute atomic E-state index is 3.67. The molecule has 2 nitrogen and oxygen atoms in total. The molecule has 98 valence electrons.